The van der Waals surface area contributed by atoms with Gasteiger partial charge in [0.05, 0.1) is 17.7 Å². The van der Waals surface area contributed by atoms with Crippen LogP contribution in [0.4, 0.5) is 15.8 Å². The van der Waals surface area contributed by atoms with Crippen LogP contribution in [0.15, 0.2) is 35.2 Å². The lowest BCUT2D eigenvalue weighted by Gasteiger charge is -2.15. The first-order valence-corrected chi connectivity index (χ1v) is 8.87. The average Bonchev–Trinajstić information content (AvgIpc) is 2.48. The number of nitrogens with one attached hydrogen (secondary N) is 2. The number of anilines is 2. The predicted octanol–water partition coefficient (Wildman–Crippen LogP) is 3.21. The van der Waals surface area contributed by atoms with E-state index in [9.17, 15) is 17.6 Å². The van der Waals surface area contributed by atoms with Crippen molar-refractivity contribution in [2.75, 3.05) is 17.1 Å². The third-order valence-corrected chi connectivity index (χ3v) is 5.14. The van der Waals surface area contributed by atoms with Gasteiger partial charge in [0.25, 0.3) is 10.0 Å². The highest BCUT2D eigenvalue weighted by atomic mass is 32.2. The first-order valence-electron chi connectivity index (χ1n) is 7.39. The maximum atomic E-state index is 14.0. The highest BCUT2D eigenvalue weighted by Gasteiger charge is 2.22. The molecule has 0 atom stereocenters. The Morgan fingerprint density at radius 2 is 1.72 bits per heavy atom. The van der Waals surface area contributed by atoms with E-state index in [4.69, 9.17) is 4.74 Å². The molecule has 0 aliphatic carbocycles. The number of carbonyl (C=O) groups is 1. The summed E-state index contributed by atoms with van der Waals surface area (Å²) in [6.07, 6.45) is 0. The van der Waals surface area contributed by atoms with Crippen LogP contribution in [-0.4, -0.2) is 21.4 Å². The molecule has 1 amide bonds. The van der Waals surface area contributed by atoms with E-state index in [0.717, 1.165) is 6.07 Å². The summed E-state index contributed by atoms with van der Waals surface area (Å²) in [6, 6.07) is 6.83. The minimum atomic E-state index is -4.03. The molecule has 0 fully saturated rings. The fourth-order valence-electron chi connectivity index (χ4n) is 2.53. The van der Waals surface area contributed by atoms with Crippen molar-refractivity contribution in [2.24, 2.45) is 0 Å². The van der Waals surface area contributed by atoms with Gasteiger partial charge >= 0.3 is 0 Å². The molecule has 0 spiro atoms. The van der Waals surface area contributed by atoms with E-state index >= 15 is 0 Å². The van der Waals surface area contributed by atoms with Crippen LogP contribution in [0.1, 0.15) is 18.1 Å². The van der Waals surface area contributed by atoms with Crippen LogP contribution < -0.4 is 14.8 Å². The van der Waals surface area contributed by atoms with Crippen molar-refractivity contribution in [3.63, 3.8) is 0 Å². The van der Waals surface area contributed by atoms with Gasteiger partial charge in [-0.1, -0.05) is 0 Å². The molecule has 0 aliphatic heterocycles. The standard InChI is InChI=1S/C17H19FN2O4S/c1-10-7-14(24-4)8-11(2)17(10)25(22,23)20-16-9-13(19-12(3)21)5-6-15(16)18/h5-9,20H,1-4H3,(H,19,21). The summed E-state index contributed by atoms with van der Waals surface area (Å²) in [7, 11) is -2.54. The zero-order valence-electron chi connectivity index (χ0n) is 14.3. The summed E-state index contributed by atoms with van der Waals surface area (Å²) in [5.41, 5.74) is 0.987. The van der Waals surface area contributed by atoms with Crippen molar-refractivity contribution in [2.45, 2.75) is 25.7 Å². The van der Waals surface area contributed by atoms with Crippen molar-refractivity contribution in [3.8, 4) is 5.75 Å². The van der Waals surface area contributed by atoms with E-state index in [1.165, 1.54) is 26.2 Å². The largest absolute Gasteiger partial charge is 0.497 e. The molecule has 2 N–H and O–H groups in total. The van der Waals surface area contributed by atoms with Crippen molar-refractivity contribution >= 4 is 27.3 Å². The van der Waals surface area contributed by atoms with Crippen molar-refractivity contribution < 1.29 is 22.3 Å². The van der Waals surface area contributed by atoms with Gasteiger partial charge in [-0.3, -0.25) is 9.52 Å². The molecule has 0 aliphatic rings. The molecule has 0 saturated heterocycles. The zero-order valence-corrected chi connectivity index (χ0v) is 15.1. The Hall–Kier alpha value is -2.61. The number of methoxy groups -OCH3 is 1. The van der Waals surface area contributed by atoms with Crippen LogP contribution in [0.25, 0.3) is 0 Å². The summed E-state index contributed by atoms with van der Waals surface area (Å²) >= 11 is 0. The number of ether oxygens (including phenoxy) is 1. The van der Waals surface area contributed by atoms with Gasteiger partial charge < -0.3 is 10.1 Å². The number of hydrogen-bond acceptors (Lipinski definition) is 4. The highest BCUT2D eigenvalue weighted by Crippen LogP contribution is 2.29. The Kier molecular flexibility index (Phi) is 5.32. The number of hydrogen-bond donors (Lipinski definition) is 2. The molecule has 0 unspecified atom stereocenters. The fraction of sp³-hybridized carbons (Fsp3) is 0.235. The summed E-state index contributed by atoms with van der Waals surface area (Å²) in [5.74, 6) is -0.559. The minimum Gasteiger partial charge on any atom is -0.497 e. The normalized spacial score (nSPS) is 11.1. The second kappa shape index (κ2) is 7.10. The molecular weight excluding hydrogens is 347 g/mol. The molecule has 0 aromatic heterocycles. The first kappa shape index (κ1) is 18.7. The first-order chi connectivity index (χ1) is 11.6. The number of aryl methyl sites for hydroxylation is 2. The van der Waals surface area contributed by atoms with Crippen molar-refractivity contribution in [3.05, 3.63) is 47.3 Å². The predicted molar refractivity (Wildman–Crippen MR) is 94.0 cm³/mol. The van der Waals surface area contributed by atoms with Gasteiger partial charge in [-0.2, -0.15) is 0 Å². The molecule has 0 bridgehead atoms. The van der Waals surface area contributed by atoms with Crippen molar-refractivity contribution in [1.29, 1.82) is 0 Å². The maximum absolute atomic E-state index is 14.0. The molecule has 0 heterocycles. The topological polar surface area (TPSA) is 84.5 Å². The maximum Gasteiger partial charge on any atom is 0.262 e. The second-order valence-electron chi connectivity index (χ2n) is 5.57. The van der Waals surface area contributed by atoms with Gasteiger partial charge in [0.15, 0.2) is 0 Å². The Balaban J connectivity index is 2.45. The summed E-state index contributed by atoms with van der Waals surface area (Å²) < 4.78 is 46.8. The van der Waals surface area contributed by atoms with Gasteiger partial charge in [-0.15, -0.1) is 0 Å². The summed E-state index contributed by atoms with van der Waals surface area (Å²) in [5, 5.41) is 2.48. The van der Waals surface area contributed by atoms with Gasteiger partial charge in [0, 0.05) is 12.6 Å². The van der Waals surface area contributed by atoms with E-state index in [-0.39, 0.29) is 22.2 Å². The number of halogens is 1. The highest BCUT2D eigenvalue weighted by molar-refractivity contribution is 7.92. The SMILES string of the molecule is COc1cc(C)c(S(=O)(=O)Nc2cc(NC(C)=O)ccc2F)c(C)c1. The number of rotatable bonds is 5. The Morgan fingerprint density at radius 3 is 2.24 bits per heavy atom. The molecule has 134 valence electrons. The molecule has 2 aromatic carbocycles. The smallest absolute Gasteiger partial charge is 0.262 e. The van der Waals surface area contributed by atoms with Crippen LogP contribution in [0.5, 0.6) is 5.75 Å². The lowest BCUT2D eigenvalue weighted by Crippen LogP contribution is -2.17. The Labute approximate surface area is 146 Å². The Bertz CT molecular complexity index is 903. The van der Waals surface area contributed by atoms with Crippen molar-refractivity contribution in [1.82, 2.24) is 0 Å². The molecule has 6 nitrogen and oxygen atoms in total. The second-order valence-corrected chi connectivity index (χ2v) is 7.19. The molecular formula is C17H19FN2O4S. The van der Waals surface area contributed by atoms with Gasteiger partial charge in [-0.25, -0.2) is 12.8 Å². The summed E-state index contributed by atoms with van der Waals surface area (Å²) in [6.45, 7) is 4.57. The molecule has 0 radical (unpaired) electrons. The minimum absolute atomic E-state index is 0.0534. The molecule has 2 rings (SSSR count). The van der Waals surface area contributed by atoms with Gasteiger partial charge in [0.1, 0.15) is 11.6 Å². The molecule has 2 aromatic rings. The van der Waals surface area contributed by atoms with Crippen LogP contribution >= 0.6 is 0 Å². The zero-order chi connectivity index (χ0) is 18.8. The third kappa shape index (κ3) is 4.27. The lowest BCUT2D eigenvalue weighted by molar-refractivity contribution is -0.114. The average molecular weight is 366 g/mol. The van der Waals surface area contributed by atoms with E-state index in [1.54, 1.807) is 26.0 Å². The van der Waals surface area contributed by atoms with E-state index in [1.807, 2.05) is 0 Å². The summed E-state index contributed by atoms with van der Waals surface area (Å²) in [4.78, 5) is 11.2. The van der Waals surface area contributed by atoms with Gasteiger partial charge in [-0.05, 0) is 55.3 Å². The third-order valence-electron chi connectivity index (χ3n) is 3.47. The number of carbonyl (C=O) groups excluding carboxylic acids is 1. The van der Waals surface area contributed by atoms with Crippen LogP contribution in [0, 0.1) is 19.7 Å². The van der Waals surface area contributed by atoms with Gasteiger partial charge in [0.2, 0.25) is 5.91 Å². The quantitative estimate of drug-likeness (QED) is 0.851. The molecule has 8 heteroatoms. The molecule has 0 saturated carbocycles. The molecule has 25 heavy (non-hydrogen) atoms. The van der Waals surface area contributed by atoms with Crippen LogP contribution in [-0.2, 0) is 14.8 Å². The van der Waals surface area contributed by atoms with Crippen LogP contribution in [0.3, 0.4) is 0 Å². The van der Waals surface area contributed by atoms with E-state index in [0.29, 0.717) is 16.9 Å². The monoisotopic (exact) mass is 366 g/mol. The number of sulfonamides is 1. The lowest BCUT2D eigenvalue weighted by atomic mass is 10.1. The van der Waals surface area contributed by atoms with E-state index in [2.05, 4.69) is 10.0 Å². The number of amides is 1. The van der Waals surface area contributed by atoms with Crippen LogP contribution in [0.2, 0.25) is 0 Å². The Morgan fingerprint density at radius 1 is 1.12 bits per heavy atom. The fourth-order valence-corrected chi connectivity index (χ4v) is 4.05. The number of benzene rings is 2. The van der Waals surface area contributed by atoms with E-state index < -0.39 is 15.8 Å².